The molecule has 0 spiro atoms. The Bertz CT molecular complexity index is 1360. The average Bonchev–Trinajstić information content (AvgIpc) is 3.41. The molecule has 1 aliphatic heterocycles. The summed E-state index contributed by atoms with van der Waals surface area (Å²) >= 11 is 0. The number of carbonyl (C=O) groups excluding carboxylic acids is 1. The number of aromatic nitrogens is 3. The molecule has 0 saturated carbocycles. The first kappa shape index (κ1) is 24.5. The Labute approximate surface area is 211 Å². The van der Waals surface area contributed by atoms with E-state index in [0.717, 1.165) is 10.4 Å². The van der Waals surface area contributed by atoms with Gasteiger partial charge in [-0.25, -0.2) is 13.6 Å². The summed E-state index contributed by atoms with van der Waals surface area (Å²) in [7, 11) is 0. The third-order valence-electron chi connectivity index (χ3n) is 6.43. The van der Waals surface area contributed by atoms with Gasteiger partial charge in [0, 0.05) is 0 Å². The topological polar surface area (TPSA) is 91.5 Å². The third kappa shape index (κ3) is 4.91. The van der Waals surface area contributed by atoms with E-state index in [1.807, 2.05) is 30.3 Å². The van der Waals surface area contributed by atoms with Crippen molar-refractivity contribution in [3.8, 4) is 0 Å². The van der Waals surface area contributed by atoms with E-state index in [4.69, 9.17) is 0 Å². The van der Waals surface area contributed by atoms with Crippen molar-refractivity contribution in [3.63, 3.8) is 0 Å². The predicted molar refractivity (Wildman–Crippen MR) is 132 cm³/mol. The molecule has 9 heteroatoms. The van der Waals surface area contributed by atoms with Crippen LogP contribution >= 0.6 is 0 Å². The van der Waals surface area contributed by atoms with Crippen LogP contribution in [0.25, 0.3) is 0 Å². The fourth-order valence-electron chi connectivity index (χ4n) is 4.49. The normalized spacial score (nSPS) is 17.7. The van der Waals surface area contributed by atoms with Crippen molar-refractivity contribution >= 4 is 6.03 Å². The average molecular weight is 503 g/mol. The molecule has 188 valence electrons. The number of β-amino-alcohol motifs (C(OH)–C–C–N with tert-alkyl or cyclic N) is 1. The summed E-state index contributed by atoms with van der Waals surface area (Å²) in [5, 5.41) is 30.5. The molecule has 4 aromatic rings. The summed E-state index contributed by atoms with van der Waals surface area (Å²) in [5.74, 6) is -0.990. The third-order valence-corrected chi connectivity index (χ3v) is 6.43. The number of hydrogen-bond donors (Lipinski definition) is 2. The molecular formula is C28H24F2N4O3. The standard InChI is InChI=1S/C28H24F2N4O3/c29-22-10-6-20(7-11-22)28(37,21-8-12-23(30)13-9-21)26-17-31-34(32-26)27(36)33-18-25(35)15-14-24(33)16-19-4-2-1-3-5-19/h1-15,17,24-25,35,37H,16,18H2/t24-,25-/m1/s1. The highest BCUT2D eigenvalue weighted by atomic mass is 19.1. The summed E-state index contributed by atoms with van der Waals surface area (Å²) < 4.78 is 27.3. The van der Waals surface area contributed by atoms with Gasteiger partial charge in [0.1, 0.15) is 17.3 Å². The Morgan fingerprint density at radius 2 is 1.51 bits per heavy atom. The van der Waals surface area contributed by atoms with E-state index in [9.17, 15) is 23.8 Å². The van der Waals surface area contributed by atoms with Gasteiger partial charge < -0.3 is 15.1 Å². The Hall–Kier alpha value is -4.21. The largest absolute Gasteiger partial charge is 0.387 e. The zero-order chi connectivity index (χ0) is 26.0. The van der Waals surface area contributed by atoms with E-state index in [0.29, 0.717) is 6.42 Å². The second kappa shape index (κ2) is 10.0. The zero-order valence-electron chi connectivity index (χ0n) is 19.7. The second-order valence-corrected chi connectivity index (χ2v) is 8.89. The highest BCUT2D eigenvalue weighted by Gasteiger charge is 2.38. The van der Waals surface area contributed by atoms with Crippen molar-refractivity contribution < 1.29 is 23.8 Å². The van der Waals surface area contributed by atoms with Crippen molar-refractivity contribution in [3.05, 3.63) is 131 Å². The number of carbonyl (C=O) groups is 1. The maximum absolute atomic E-state index is 13.6. The lowest BCUT2D eigenvalue weighted by molar-refractivity contribution is 0.115. The van der Waals surface area contributed by atoms with Gasteiger partial charge in [-0.3, -0.25) is 0 Å². The van der Waals surface area contributed by atoms with E-state index in [1.165, 1.54) is 59.6 Å². The van der Waals surface area contributed by atoms with E-state index in [-0.39, 0.29) is 29.4 Å². The summed E-state index contributed by atoms with van der Waals surface area (Å²) in [6.07, 6.45) is 4.35. The lowest BCUT2D eigenvalue weighted by Gasteiger charge is -2.33. The Balaban J connectivity index is 1.50. The van der Waals surface area contributed by atoms with Gasteiger partial charge in [0.25, 0.3) is 0 Å². The van der Waals surface area contributed by atoms with Gasteiger partial charge in [0.05, 0.1) is 24.9 Å². The van der Waals surface area contributed by atoms with Crippen LogP contribution < -0.4 is 0 Å². The predicted octanol–water partition coefficient (Wildman–Crippen LogP) is 3.65. The fraction of sp³-hybridized carbons (Fsp3) is 0.179. The van der Waals surface area contributed by atoms with Gasteiger partial charge in [-0.15, -0.1) is 5.10 Å². The van der Waals surface area contributed by atoms with Crippen LogP contribution in [0.2, 0.25) is 0 Å². The molecule has 37 heavy (non-hydrogen) atoms. The first-order valence-corrected chi connectivity index (χ1v) is 11.7. The number of hydrogen-bond acceptors (Lipinski definition) is 5. The second-order valence-electron chi connectivity index (χ2n) is 8.89. The van der Waals surface area contributed by atoms with Crippen LogP contribution in [0.3, 0.4) is 0 Å². The highest BCUT2D eigenvalue weighted by molar-refractivity contribution is 5.76. The minimum absolute atomic E-state index is 0.00762. The van der Waals surface area contributed by atoms with Crippen LogP contribution in [-0.2, 0) is 12.0 Å². The molecule has 1 aliphatic rings. The number of nitrogens with zero attached hydrogens (tertiary/aromatic N) is 4. The molecule has 0 saturated heterocycles. The summed E-state index contributed by atoms with van der Waals surface area (Å²) in [4.78, 5) is 15.8. The molecular weight excluding hydrogens is 478 g/mol. The van der Waals surface area contributed by atoms with E-state index in [1.54, 1.807) is 12.2 Å². The van der Waals surface area contributed by atoms with Crippen LogP contribution in [0.5, 0.6) is 0 Å². The molecule has 2 N–H and O–H groups in total. The van der Waals surface area contributed by atoms with Gasteiger partial charge in [-0.1, -0.05) is 71.5 Å². The van der Waals surface area contributed by atoms with Crippen LogP contribution in [-0.4, -0.2) is 54.8 Å². The molecule has 7 nitrogen and oxygen atoms in total. The lowest BCUT2D eigenvalue weighted by atomic mass is 9.84. The molecule has 5 rings (SSSR count). The van der Waals surface area contributed by atoms with Gasteiger partial charge in [-0.05, 0) is 47.4 Å². The van der Waals surface area contributed by atoms with E-state index in [2.05, 4.69) is 10.2 Å². The minimum Gasteiger partial charge on any atom is -0.387 e. The summed E-state index contributed by atoms with van der Waals surface area (Å²) in [6.45, 7) is 0.0455. The number of aliphatic hydroxyl groups excluding tert-OH is 1. The Morgan fingerprint density at radius 3 is 2.11 bits per heavy atom. The molecule has 0 aliphatic carbocycles. The monoisotopic (exact) mass is 502 g/mol. The number of halogens is 2. The smallest absolute Gasteiger partial charge is 0.362 e. The van der Waals surface area contributed by atoms with Crippen LogP contribution in [0.1, 0.15) is 22.4 Å². The fourth-order valence-corrected chi connectivity index (χ4v) is 4.49. The molecule has 2 atom stereocenters. The molecule has 1 aromatic heterocycles. The molecule has 2 heterocycles. The van der Waals surface area contributed by atoms with Crippen LogP contribution in [0.15, 0.2) is 97.2 Å². The van der Waals surface area contributed by atoms with Gasteiger partial charge >= 0.3 is 6.03 Å². The summed E-state index contributed by atoms with van der Waals surface area (Å²) in [6, 6.07) is 19.0. The van der Waals surface area contributed by atoms with Gasteiger partial charge in [-0.2, -0.15) is 5.10 Å². The van der Waals surface area contributed by atoms with Crippen molar-refractivity contribution in [2.75, 3.05) is 6.54 Å². The number of amides is 1. The maximum atomic E-state index is 13.6. The molecule has 0 fully saturated rings. The Morgan fingerprint density at radius 1 is 0.919 bits per heavy atom. The van der Waals surface area contributed by atoms with E-state index < -0.39 is 29.4 Å². The van der Waals surface area contributed by atoms with Crippen molar-refractivity contribution in [1.82, 2.24) is 19.9 Å². The van der Waals surface area contributed by atoms with Gasteiger partial charge in [0.15, 0.2) is 5.60 Å². The maximum Gasteiger partial charge on any atom is 0.362 e. The zero-order valence-corrected chi connectivity index (χ0v) is 19.7. The SMILES string of the molecule is O=C(N1C[C@H](O)C=C[C@@H]1Cc1ccccc1)n1ncc(C(O)(c2ccc(F)cc2)c2ccc(F)cc2)n1. The molecule has 0 radical (unpaired) electrons. The number of benzene rings is 3. The van der Waals surface area contributed by atoms with Crippen molar-refractivity contribution in [1.29, 1.82) is 0 Å². The number of rotatable bonds is 5. The molecule has 1 amide bonds. The van der Waals surface area contributed by atoms with Gasteiger partial charge in [0.2, 0.25) is 0 Å². The molecule has 3 aromatic carbocycles. The van der Waals surface area contributed by atoms with Crippen LogP contribution in [0, 0.1) is 11.6 Å². The van der Waals surface area contributed by atoms with Crippen LogP contribution in [0.4, 0.5) is 13.6 Å². The number of aliphatic hydroxyl groups is 2. The first-order valence-electron chi connectivity index (χ1n) is 11.7. The lowest BCUT2D eigenvalue weighted by Crippen LogP contribution is -2.49. The van der Waals surface area contributed by atoms with E-state index >= 15 is 0 Å². The summed E-state index contributed by atoms with van der Waals surface area (Å²) in [5.41, 5.74) is -0.407. The van der Waals surface area contributed by atoms with Crippen molar-refractivity contribution in [2.45, 2.75) is 24.2 Å². The van der Waals surface area contributed by atoms with Crippen molar-refractivity contribution in [2.24, 2.45) is 0 Å². The molecule has 0 unspecified atom stereocenters. The quantitative estimate of drug-likeness (QED) is 0.407. The first-order chi connectivity index (χ1) is 17.8. The highest BCUT2D eigenvalue weighted by Crippen LogP contribution is 2.35. The minimum atomic E-state index is -1.94. The molecule has 0 bridgehead atoms. The Kier molecular flexibility index (Phi) is 6.64.